The van der Waals surface area contributed by atoms with E-state index in [0.29, 0.717) is 5.92 Å². The topological polar surface area (TPSA) is 35.2 Å². The van der Waals surface area contributed by atoms with E-state index < -0.39 is 0 Å². The molecule has 2 N–H and O–H groups in total. The molecule has 0 aliphatic rings. The van der Waals surface area contributed by atoms with Gasteiger partial charge in [-0.1, -0.05) is 32.4 Å². The van der Waals surface area contributed by atoms with E-state index in [1.165, 1.54) is 24.8 Å². The Morgan fingerprint density at radius 2 is 1.89 bits per heavy atom. The Bertz CT molecular complexity index is 316. The summed E-state index contributed by atoms with van der Waals surface area (Å²) in [6.45, 7) is 5.39. The minimum absolute atomic E-state index is 0.691. The third kappa shape index (κ3) is 5.09. The highest BCUT2D eigenvalue weighted by Gasteiger charge is 2.10. The number of ether oxygens (including phenoxy) is 1. The zero-order valence-corrected chi connectivity index (χ0v) is 12.0. The first-order valence-electron chi connectivity index (χ1n) is 7.02. The predicted molar refractivity (Wildman–Crippen MR) is 77.9 cm³/mol. The molecule has 0 unspecified atom stereocenters. The first kappa shape index (κ1) is 15.0. The molecule has 2 atom stereocenters. The van der Waals surface area contributed by atoms with Gasteiger partial charge in [-0.25, -0.2) is 0 Å². The van der Waals surface area contributed by atoms with E-state index in [-0.39, 0.29) is 0 Å². The lowest BCUT2D eigenvalue weighted by molar-refractivity contribution is 0.371. The van der Waals surface area contributed by atoms with Crippen LogP contribution in [0.15, 0.2) is 24.3 Å². The zero-order valence-electron chi connectivity index (χ0n) is 12.0. The summed E-state index contributed by atoms with van der Waals surface area (Å²) in [6, 6.07) is 8.39. The average Bonchev–Trinajstić information content (AvgIpc) is 2.43. The molecule has 0 aliphatic carbocycles. The Morgan fingerprint density at radius 1 is 1.22 bits per heavy atom. The summed E-state index contributed by atoms with van der Waals surface area (Å²) in [6.07, 6.45) is 4.83. The average molecular weight is 249 g/mol. The fourth-order valence-corrected chi connectivity index (χ4v) is 2.32. The summed E-state index contributed by atoms with van der Waals surface area (Å²) in [5.41, 5.74) is 7.15. The fraction of sp³-hybridized carbons (Fsp3) is 0.625. The van der Waals surface area contributed by atoms with Gasteiger partial charge in [0.2, 0.25) is 0 Å². The molecule has 1 aromatic carbocycles. The van der Waals surface area contributed by atoms with E-state index in [9.17, 15) is 0 Å². The normalized spacial score (nSPS) is 14.2. The van der Waals surface area contributed by atoms with Crippen LogP contribution in [-0.2, 0) is 6.42 Å². The number of hydrogen-bond acceptors (Lipinski definition) is 2. The molecule has 0 saturated heterocycles. The molecule has 102 valence electrons. The SMILES string of the molecule is CC[C@H](CN)C[C@H](C)CCc1ccc(OC)cc1. The van der Waals surface area contributed by atoms with E-state index in [1.54, 1.807) is 7.11 Å². The van der Waals surface area contributed by atoms with Gasteiger partial charge in [-0.05, 0) is 55.3 Å². The van der Waals surface area contributed by atoms with Crippen LogP contribution < -0.4 is 10.5 Å². The van der Waals surface area contributed by atoms with Gasteiger partial charge in [-0.15, -0.1) is 0 Å². The van der Waals surface area contributed by atoms with Crippen LogP contribution in [0.3, 0.4) is 0 Å². The standard InChI is InChI=1S/C16H27NO/c1-4-14(12-17)11-13(2)5-6-15-7-9-16(18-3)10-8-15/h7-10,13-14H,4-6,11-12,17H2,1-3H3/t13-,14+/m1/s1. The van der Waals surface area contributed by atoms with Gasteiger partial charge in [0.1, 0.15) is 5.75 Å². The number of nitrogens with two attached hydrogens (primary N) is 1. The second kappa shape index (κ2) is 8.15. The van der Waals surface area contributed by atoms with Crippen molar-refractivity contribution in [3.63, 3.8) is 0 Å². The van der Waals surface area contributed by atoms with Gasteiger partial charge >= 0.3 is 0 Å². The lowest BCUT2D eigenvalue weighted by Gasteiger charge is -2.18. The Balaban J connectivity index is 2.34. The summed E-state index contributed by atoms with van der Waals surface area (Å²) in [5, 5.41) is 0. The van der Waals surface area contributed by atoms with Crippen molar-refractivity contribution in [2.45, 2.75) is 39.5 Å². The molecule has 0 saturated carbocycles. The Hall–Kier alpha value is -1.02. The lowest BCUT2D eigenvalue weighted by Crippen LogP contribution is -2.16. The van der Waals surface area contributed by atoms with Crippen molar-refractivity contribution in [2.75, 3.05) is 13.7 Å². The largest absolute Gasteiger partial charge is 0.497 e. The van der Waals surface area contributed by atoms with Crippen LogP contribution >= 0.6 is 0 Å². The summed E-state index contributed by atoms with van der Waals surface area (Å²) in [5.74, 6) is 2.37. The van der Waals surface area contributed by atoms with Crippen LogP contribution in [0.25, 0.3) is 0 Å². The summed E-state index contributed by atoms with van der Waals surface area (Å²) >= 11 is 0. The molecular weight excluding hydrogens is 222 g/mol. The smallest absolute Gasteiger partial charge is 0.118 e. The molecule has 2 heteroatoms. The third-order valence-electron chi connectivity index (χ3n) is 3.73. The molecule has 0 aromatic heterocycles. The Morgan fingerprint density at radius 3 is 2.39 bits per heavy atom. The molecule has 1 aromatic rings. The van der Waals surface area contributed by atoms with E-state index in [2.05, 4.69) is 26.0 Å². The van der Waals surface area contributed by atoms with E-state index in [4.69, 9.17) is 10.5 Å². The molecule has 0 aliphatic heterocycles. The fourth-order valence-electron chi connectivity index (χ4n) is 2.32. The third-order valence-corrected chi connectivity index (χ3v) is 3.73. The van der Waals surface area contributed by atoms with Crippen molar-refractivity contribution in [3.05, 3.63) is 29.8 Å². The maximum Gasteiger partial charge on any atom is 0.118 e. The number of benzene rings is 1. The highest BCUT2D eigenvalue weighted by molar-refractivity contribution is 5.27. The molecule has 0 heterocycles. The zero-order chi connectivity index (χ0) is 13.4. The molecule has 0 spiro atoms. The Labute approximate surface area is 112 Å². The van der Waals surface area contributed by atoms with Gasteiger partial charge < -0.3 is 10.5 Å². The minimum atomic E-state index is 0.691. The van der Waals surface area contributed by atoms with Crippen molar-refractivity contribution >= 4 is 0 Å². The summed E-state index contributed by atoms with van der Waals surface area (Å²) in [7, 11) is 1.70. The molecular formula is C16H27NO. The summed E-state index contributed by atoms with van der Waals surface area (Å²) < 4.78 is 5.16. The second-order valence-corrected chi connectivity index (χ2v) is 5.24. The maximum absolute atomic E-state index is 5.76. The van der Waals surface area contributed by atoms with Crippen LogP contribution in [0.2, 0.25) is 0 Å². The van der Waals surface area contributed by atoms with Gasteiger partial charge in [-0.2, -0.15) is 0 Å². The van der Waals surface area contributed by atoms with Crippen LogP contribution in [-0.4, -0.2) is 13.7 Å². The second-order valence-electron chi connectivity index (χ2n) is 5.24. The summed E-state index contributed by atoms with van der Waals surface area (Å²) in [4.78, 5) is 0. The Kier molecular flexibility index (Phi) is 6.81. The van der Waals surface area contributed by atoms with Gasteiger partial charge in [0.05, 0.1) is 7.11 Å². The molecule has 0 radical (unpaired) electrons. The van der Waals surface area contributed by atoms with Gasteiger partial charge in [-0.3, -0.25) is 0 Å². The predicted octanol–water partition coefficient (Wildman–Crippen LogP) is 3.64. The van der Waals surface area contributed by atoms with Crippen LogP contribution in [0, 0.1) is 11.8 Å². The lowest BCUT2D eigenvalue weighted by atomic mass is 9.90. The monoisotopic (exact) mass is 249 g/mol. The van der Waals surface area contributed by atoms with Crippen molar-refractivity contribution < 1.29 is 4.74 Å². The van der Waals surface area contributed by atoms with Gasteiger partial charge in [0.15, 0.2) is 0 Å². The number of hydrogen-bond donors (Lipinski definition) is 1. The first-order valence-corrected chi connectivity index (χ1v) is 7.02. The molecule has 18 heavy (non-hydrogen) atoms. The molecule has 2 nitrogen and oxygen atoms in total. The van der Waals surface area contributed by atoms with E-state index >= 15 is 0 Å². The highest BCUT2D eigenvalue weighted by Crippen LogP contribution is 2.20. The van der Waals surface area contributed by atoms with Gasteiger partial charge in [0, 0.05) is 0 Å². The van der Waals surface area contributed by atoms with Crippen molar-refractivity contribution in [1.29, 1.82) is 0 Å². The first-order chi connectivity index (χ1) is 8.69. The number of methoxy groups -OCH3 is 1. The maximum atomic E-state index is 5.76. The van der Waals surface area contributed by atoms with Crippen molar-refractivity contribution in [2.24, 2.45) is 17.6 Å². The number of aryl methyl sites for hydroxylation is 1. The van der Waals surface area contributed by atoms with E-state index in [0.717, 1.165) is 24.6 Å². The van der Waals surface area contributed by atoms with Crippen molar-refractivity contribution in [3.8, 4) is 5.75 Å². The molecule has 0 amide bonds. The minimum Gasteiger partial charge on any atom is -0.497 e. The number of rotatable bonds is 8. The quantitative estimate of drug-likeness (QED) is 0.763. The van der Waals surface area contributed by atoms with Crippen LogP contribution in [0.5, 0.6) is 5.75 Å². The van der Waals surface area contributed by atoms with Crippen LogP contribution in [0.1, 0.15) is 38.7 Å². The molecule has 0 bridgehead atoms. The van der Waals surface area contributed by atoms with E-state index in [1.807, 2.05) is 12.1 Å². The molecule has 0 fully saturated rings. The van der Waals surface area contributed by atoms with Crippen LogP contribution in [0.4, 0.5) is 0 Å². The van der Waals surface area contributed by atoms with Gasteiger partial charge in [0.25, 0.3) is 0 Å². The molecule has 1 rings (SSSR count). The van der Waals surface area contributed by atoms with Crippen molar-refractivity contribution in [1.82, 2.24) is 0 Å². The highest BCUT2D eigenvalue weighted by atomic mass is 16.5.